The Bertz CT molecular complexity index is 633. The predicted molar refractivity (Wildman–Crippen MR) is 100 cm³/mol. The van der Waals surface area contributed by atoms with E-state index in [0.29, 0.717) is 18.3 Å². The van der Waals surface area contributed by atoms with Gasteiger partial charge < -0.3 is 15.0 Å². The summed E-state index contributed by atoms with van der Waals surface area (Å²) in [5.74, 6) is -0.00198. The molecule has 1 fully saturated rings. The number of hydrogen-bond acceptors (Lipinski definition) is 4. The number of carbonyl (C=O) groups is 2. The first-order valence-electron chi connectivity index (χ1n) is 8.30. The molecule has 2 amide bonds. The van der Waals surface area contributed by atoms with Gasteiger partial charge in [-0.15, -0.1) is 0 Å². The van der Waals surface area contributed by atoms with Crippen molar-refractivity contribution >= 4 is 34.8 Å². The molecule has 1 aromatic carbocycles. The zero-order valence-electron chi connectivity index (χ0n) is 14.7. The summed E-state index contributed by atoms with van der Waals surface area (Å²) in [6.07, 6.45) is 0.172. The topological polar surface area (TPSA) is 82.7 Å². The Morgan fingerprint density at radius 3 is 2.60 bits per heavy atom. The standard InChI is InChI=1S/C17H24N4O3S/c1-4-24-14-7-5-13(6-8-14)21-10-12(9-15(21)22)16(23)19-20-17(25)18-11(2)3/h5-8,11-12H,4,9-10H2,1-3H3,(H,19,23)(H2,18,20,25)/t12-/m1/s1. The Kier molecular flexibility index (Phi) is 6.58. The van der Waals surface area contributed by atoms with Gasteiger partial charge in [-0.25, -0.2) is 0 Å². The second-order valence-electron chi connectivity index (χ2n) is 6.07. The Balaban J connectivity index is 1.90. The van der Waals surface area contributed by atoms with Gasteiger partial charge >= 0.3 is 0 Å². The maximum Gasteiger partial charge on any atom is 0.243 e. The first-order valence-corrected chi connectivity index (χ1v) is 8.71. The Labute approximate surface area is 153 Å². The molecule has 0 aliphatic carbocycles. The molecule has 1 aliphatic rings. The zero-order chi connectivity index (χ0) is 18.4. The quantitative estimate of drug-likeness (QED) is 0.540. The third-order valence-corrected chi connectivity index (χ3v) is 3.89. The molecule has 1 saturated heterocycles. The fourth-order valence-corrected chi connectivity index (χ4v) is 2.83. The number of rotatable bonds is 5. The lowest BCUT2D eigenvalue weighted by atomic mass is 10.1. The van der Waals surface area contributed by atoms with Gasteiger partial charge in [-0.3, -0.25) is 20.4 Å². The van der Waals surface area contributed by atoms with E-state index >= 15 is 0 Å². The molecule has 1 heterocycles. The van der Waals surface area contributed by atoms with Crippen LogP contribution in [0.4, 0.5) is 5.69 Å². The molecule has 1 atom stereocenters. The molecule has 136 valence electrons. The van der Waals surface area contributed by atoms with Crippen molar-refractivity contribution in [3.8, 4) is 5.75 Å². The first-order chi connectivity index (χ1) is 11.9. The third-order valence-electron chi connectivity index (χ3n) is 3.67. The Morgan fingerprint density at radius 1 is 1.32 bits per heavy atom. The highest BCUT2D eigenvalue weighted by Crippen LogP contribution is 2.26. The maximum absolute atomic E-state index is 12.2. The number of amides is 2. The van der Waals surface area contributed by atoms with Crippen molar-refractivity contribution in [2.45, 2.75) is 33.2 Å². The van der Waals surface area contributed by atoms with Crippen molar-refractivity contribution in [1.82, 2.24) is 16.2 Å². The number of benzene rings is 1. The van der Waals surface area contributed by atoms with Crippen LogP contribution in [0.2, 0.25) is 0 Å². The number of ether oxygens (including phenoxy) is 1. The minimum atomic E-state index is -0.423. The number of thiocarbonyl (C=S) groups is 1. The molecule has 0 unspecified atom stereocenters. The van der Waals surface area contributed by atoms with Crippen molar-refractivity contribution in [3.05, 3.63) is 24.3 Å². The average molecular weight is 364 g/mol. The summed E-state index contributed by atoms with van der Waals surface area (Å²) in [4.78, 5) is 26.1. The van der Waals surface area contributed by atoms with Gasteiger partial charge in [0.25, 0.3) is 0 Å². The first kappa shape index (κ1) is 19.0. The summed E-state index contributed by atoms with van der Waals surface area (Å²) in [6, 6.07) is 7.44. The van der Waals surface area contributed by atoms with Gasteiger partial charge in [0, 0.05) is 24.7 Å². The number of anilines is 1. The fraction of sp³-hybridized carbons (Fsp3) is 0.471. The van der Waals surface area contributed by atoms with Crippen molar-refractivity contribution < 1.29 is 14.3 Å². The molecule has 0 radical (unpaired) electrons. The summed E-state index contributed by atoms with van der Waals surface area (Å²) in [6.45, 7) is 6.73. The van der Waals surface area contributed by atoms with Crippen molar-refractivity contribution in [3.63, 3.8) is 0 Å². The minimum Gasteiger partial charge on any atom is -0.494 e. The minimum absolute atomic E-state index is 0.0767. The van der Waals surface area contributed by atoms with E-state index in [4.69, 9.17) is 17.0 Å². The zero-order valence-corrected chi connectivity index (χ0v) is 15.5. The molecule has 0 saturated carbocycles. The van der Waals surface area contributed by atoms with E-state index in [1.807, 2.05) is 45.0 Å². The molecular formula is C17H24N4O3S. The molecule has 7 nitrogen and oxygen atoms in total. The van der Waals surface area contributed by atoms with E-state index in [-0.39, 0.29) is 24.3 Å². The number of nitrogens with one attached hydrogen (secondary N) is 3. The van der Waals surface area contributed by atoms with Gasteiger partial charge in [-0.05, 0) is 57.3 Å². The van der Waals surface area contributed by atoms with Crippen LogP contribution >= 0.6 is 12.2 Å². The van der Waals surface area contributed by atoms with Gasteiger partial charge in [0.05, 0.1) is 12.5 Å². The van der Waals surface area contributed by atoms with E-state index in [1.165, 1.54) is 0 Å². The SMILES string of the molecule is CCOc1ccc(N2C[C@H](C(=O)NNC(=S)NC(C)C)CC2=O)cc1. The third kappa shape index (κ3) is 5.32. The summed E-state index contributed by atoms with van der Waals surface area (Å²) in [5, 5.41) is 3.31. The molecule has 8 heteroatoms. The van der Waals surface area contributed by atoms with Crippen LogP contribution in [0.1, 0.15) is 27.2 Å². The van der Waals surface area contributed by atoms with Gasteiger partial charge in [0.15, 0.2) is 5.11 Å². The predicted octanol–water partition coefficient (Wildman–Crippen LogP) is 1.34. The fourth-order valence-electron chi connectivity index (χ4n) is 2.54. The number of nitrogens with zero attached hydrogens (tertiary/aromatic N) is 1. The summed E-state index contributed by atoms with van der Waals surface area (Å²) in [5.41, 5.74) is 5.97. The molecule has 2 rings (SSSR count). The van der Waals surface area contributed by atoms with Crippen molar-refractivity contribution in [2.75, 3.05) is 18.1 Å². The maximum atomic E-state index is 12.2. The lowest BCUT2D eigenvalue weighted by Gasteiger charge is -2.18. The molecule has 3 N–H and O–H groups in total. The molecule has 0 spiro atoms. The summed E-state index contributed by atoms with van der Waals surface area (Å²) >= 11 is 5.05. The Hall–Kier alpha value is -2.35. The molecular weight excluding hydrogens is 340 g/mol. The average Bonchev–Trinajstić information content (AvgIpc) is 2.95. The van der Waals surface area contributed by atoms with Gasteiger partial charge in [0.2, 0.25) is 11.8 Å². The number of carbonyl (C=O) groups excluding carboxylic acids is 2. The number of hydrogen-bond donors (Lipinski definition) is 3. The van der Waals surface area contributed by atoms with E-state index in [9.17, 15) is 9.59 Å². The largest absolute Gasteiger partial charge is 0.494 e. The van der Waals surface area contributed by atoms with Crippen LogP contribution < -0.4 is 25.8 Å². The van der Waals surface area contributed by atoms with E-state index in [1.54, 1.807) is 4.90 Å². The van der Waals surface area contributed by atoms with Crippen molar-refractivity contribution in [1.29, 1.82) is 0 Å². The number of hydrazine groups is 1. The summed E-state index contributed by atoms with van der Waals surface area (Å²) in [7, 11) is 0. The van der Waals surface area contributed by atoms with Crippen LogP contribution in [-0.4, -0.2) is 36.1 Å². The molecule has 0 bridgehead atoms. The second-order valence-corrected chi connectivity index (χ2v) is 6.48. The van der Waals surface area contributed by atoms with E-state index in [2.05, 4.69) is 16.2 Å². The highest BCUT2D eigenvalue weighted by Gasteiger charge is 2.35. The monoisotopic (exact) mass is 364 g/mol. The smallest absolute Gasteiger partial charge is 0.243 e. The van der Waals surface area contributed by atoms with Gasteiger partial charge in [-0.2, -0.15) is 0 Å². The highest BCUT2D eigenvalue weighted by molar-refractivity contribution is 7.80. The van der Waals surface area contributed by atoms with Crippen LogP contribution in [0.5, 0.6) is 5.75 Å². The Morgan fingerprint density at radius 2 is 2.00 bits per heavy atom. The van der Waals surface area contributed by atoms with Crippen LogP contribution in [-0.2, 0) is 9.59 Å². The van der Waals surface area contributed by atoms with Crippen LogP contribution in [0, 0.1) is 5.92 Å². The van der Waals surface area contributed by atoms with Gasteiger partial charge in [-0.1, -0.05) is 0 Å². The van der Waals surface area contributed by atoms with E-state index in [0.717, 1.165) is 11.4 Å². The van der Waals surface area contributed by atoms with E-state index < -0.39 is 5.92 Å². The van der Waals surface area contributed by atoms with Crippen LogP contribution in [0.15, 0.2) is 24.3 Å². The molecule has 1 aromatic rings. The lowest BCUT2D eigenvalue weighted by molar-refractivity contribution is -0.126. The summed E-state index contributed by atoms with van der Waals surface area (Å²) < 4.78 is 5.40. The second kappa shape index (κ2) is 8.66. The van der Waals surface area contributed by atoms with Crippen LogP contribution in [0.3, 0.4) is 0 Å². The highest BCUT2D eigenvalue weighted by atomic mass is 32.1. The normalized spacial score (nSPS) is 16.7. The lowest BCUT2D eigenvalue weighted by Crippen LogP contribution is -2.50. The molecule has 0 aromatic heterocycles. The molecule has 25 heavy (non-hydrogen) atoms. The van der Waals surface area contributed by atoms with Crippen LogP contribution in [0.25, 0.3) is 0 Å². The van der Waals surface area contributed by atoms with Crippen molar-refractivity contribution in [2.24, 2.45) is 5.92 Å². The van der Waals surface area contributed by atoms with Gasteiger partial charge in [0.1, 0.15) is 5.75 Å². The molecule has 1 aliphatic heterocycles.